The van der Waals surface area contributed by atoms with E-state index in [0.717, 1.165) is 16.9 Å². The predicted molar refractivity (Wildman–Crippen MR) is 109 cm³/mol. The Balaban J connectivity index is 1.84. The second kappa shape index (κ2) is 10.1. The monoisotopic (exact) mass is 388 g/mol. The van der Waals surface area contributed by atoms with Gasteiger partial charge in [0.15, 0.2) is 13.1 Å². The molecule has 5 nitrogen and oxygen atoms in total. The zero-order valence-electron chi connectivity index (χ0n) is 16.0. The average molecular weight is 389 g/mol. The molecule has 0 saturated carbocycles. The normalized spacial score (nSPS) is 12.9. The summed E-state index contributed by atoms with van der Waals surface area (Å²) in [6.45, 7) is 4.48. The van der Waals surface area contributed by atoms with Crippen molar-refractivity contribution in [1.82, 2.24) is 5.32 Å². The van der Waals surface area contributed by atoms with Crippen LogP contribution >= 0.6 is 11.6 Å². The molecule has 0 radical (unpaired) electrons. The second-order valence-corrected chi connectivity index (χ2v) is 7.18. The topological polar surface area (TPSA) is 62.6 Å². The Morgan fingerprint density at radius 2 is 1.67 bits per heavy atom. The van der Waals surface area contributed by atoms with Gasteiger partial charge in [-0.1, -0.05) is 60.5 Å². The van der Waals surface area contributed by atoms with Gasteiger partial charge < -0.3 is 15.5 Å². The Hall–Kier alpha value is -2.37. The molecule has 0 aliphatic heterocycles. The maximum Gasteiger partial charge on any atom is 0.279 e. The van der Waals surface area contributed by atoms with Crippen LogP contribution < -0.4 is 15.5 Å². The zero-order valence-corrected chi connectivity index (χ0v) is 16.8. The molecular weight excluding hydrogens is 362 g/mol. The SMILES string of the molecule is CC[C@@H](NC(=O)C[NH+](C)CC(=O)Nc1ccccc1Cl)c1ccc(C)cc1. The first-order chi connectivity index (χ1) is 12.9. The zero-order chi connectivity index (χ0) is 19.8. The van der Waals surface area contributed by atoms with Crippen molar-refractivity contribution in [3.8, 4) is 0 Å². The quantitative estimate of drug-likeness (QED) is 0.650. The second-order valence-electron chi connectivity index (χ2n) is 6.78. The molecule has 2 aromatic rings. The molecule has 0 fully saturated rings. The largest absolute Gasteiger partial charge is 0.344 e. The number of amides is 2. The molecule has 27 heavy (non-hydrogen) atoms. The van der Waals surface area contributed by atoms with Gasteiger partial charge in [0.05, 0.1) is 23.8 Å². The molecule has 2 rings (SSSR count). The Kier molecular flexibility index (Phi) is 7.82. The van der Waals surface area contributed by atoms with Crippen LogP contribution in [0.15, 0.2) is 48.5 Å². The van der Waals surface area contributed by atoms with Crippen LogP contribution in [0.25, 0.3) is 0 Å². The van der Waals surface area contributed by atoms with Crippen LogP contribution in [-0.2, 0) is 9.59 Å². The van der Waals surface area contributed by atoms with Crippen molar-refractivity contribution in [3.05, 3.63) is 64.7 Å². The molecule has 0 bridgehead atoms. The van der Waals surface area contributed by atoms with E-state index >= 15 is 0 Å². The number of rotatable bonds is 8. The summed E-state index contributed by atoms with van der Waals surface area (Å²) in [5, 5.41) is 6.32. The molecule has 0 spiro atoms. The van der Waals surface area contributed by atoms with Gasteiger partial charge in [-0.05, 0) is 31.0 Å². The maximum atomic E-state index is 12.4. The minimum Gasteiger partial charge on any atom is -0.344 e. The molecule has 1 unspecified atom stereocenters. The van der Waals surface area contributed by atoms with Gasteiger partial charge in [-0.15, -0.1) is 0 Å². The van der Waals surface area contributed by atoms with E-state index in [1.54, 1.807) is 18.2 Å². The molecule has 6 heteroatoms. The first kappa shape index (κ1) is 20.9. The molecule has 144 valence electrons. The van der Waals surface area contributed by atoms with E-state index in [4.69, 9.17) is 11.6 Å². The van der Waals surface area contributed by atoms with Gasteiger partial charge in [-0.25, -0.2) is 0 Å². The van der Waals surface area contributed by atoms with Gasteiger partial charge in [-0.3, -0.25) is 9.59 Å². The third-order valence-corrected chi connectivity index (χ3v) is 4.63. The number of hydrogen-bond donors (Lipinski definition) is 3. The molecular formula is C21H27ClN3O2+. The molecule has 0 heterocycles. The van der Waals surface area contributed by atoms with Crippen molar-refractivity contribution in [2.24, 2.45) is 0 Å². The first-order valence-electron chi connectivity index (χ1n) is 9.10. The van der Waals surface area contributed by atoms with Gasteiger partial charge in [0, 0.05) is 0 Å². The Labute approximate surface area is 165 Å². The smallest absolute Gasteiger partial charge is 0.279 e. The molecule has 0 aliphatic rings. The highest BCUT2D eigenvalue weighted by molar-refractivity contribution is 6.33. The number of quaternary nitrogens is 1. The van der Waals surface area contributed by atoms with Crippen LogP contribution in [0.2, 0.25) is 5.02 Å². The van der Waals surface area contributed by atoms with Crippen LogP contribution in [-0.4, -0.2) is 32.0 Å². The third kappa shape index (κ3) is 6.70. The van der Waals surface area contributed by atoms with Crippen molar-refractivity contribution >= 4 is 29.1 Å². The van der Waals surface area contributed by atoms with Crippen molar-refractivity contribution in [2.75, 3.05) is 25.5 Å². The highest BCUT2D eigenvalue weighted by atomic mass is 35.5. The number of likely N-dealkylation sites (N-methyl/N-ethyl adjacent to an activating group) is 1. The fourth-order valence-corrected chi connectivity index (χ4v) is 3.02. The fourth-order valence-electron chi connectivity index (χ4n) is 2.83. The minimum atomic E-state index is -0.182. The predicted octanol–water partition coefficient (Wildman–Crippen LogP) is 2.37. The summed E-state index contributed by atoms with van der Waals surface area (Å²) in [6.07, 6.45) is 0.806. The van der Waals surface area contributed by atoms with E-state index in [2.05, 4.69) is 10.6 Å². The maximum absolute atomic E-state index is 12.4. The van der Waals surface area contributed by atoms with Gasteiger partial charge in [-0.2, -0.15) is 0 Å². The van der Waals surface area contributed by atoms with Crippen LogP contribution in [0.1, 0.15) is 30.5 Å². The highest BCUT2D eigenvalue weighted by Gasteiger charge is 2.18. The lowest BCUT2D eigenvalue weighted by molar-refractivity contribution is -0.862. The number of hydrogen-bond acceptors (Lipinski definition) is 2. The summed E-state index contributed by atoms with van der Waals surface area (Å²) >= 11 is 6.04. The lowest BCUT2D eigenvalue weighted by Crippen LogP contribution is -3.11. The molecule has 0 saturated heterocycles. The van der Waals surface area contributed by atoms with E-state index in [9.17, 15) is 9.59 Å². The minimum absolute atomic E-state index is 0.0251. The number of anilines is 1. The molecule has 2 aromatic carbocycles. The molecule has 0 aromatic heterocycles. The summed E-state index contributed by atoms with van der Waals surface area (Å²) in [5.74, 6) is -0.260. The van der Waals surface area contributed by atoms with E-state index < -0.39 is 0 Å². The number of nitrogens with one attached hydrogen (secondary N) is 3. The van der Waals surface area contributed by atoms with E-state index in [0.29, 0.717) is 10.7 Å². The Morgan fingerprint density at radius 3 is 2.30 bits per heavy atom. The van der Waals surface area contributed by atoms with E-state index in [-0.39, 0.29) is 30.9 Å². The van der Waals surface area contributed by atoms with Gasteiger partial charge >= 0.3 is 0 Å². The lowest BCUT2D eigenvalue weighted by Gasteiger charge is -2.19. The van der Waals surface area contributed by atoms with E-state index in [1.807, 2.05) is 51.2 Å². The Morgan fingerprint density at radius 1 is 1.04 bits per heavy atom. The van der Waals surface area contributed by atoms with Gasteiger partial charge in [0.25, 0.3) is 11.8 Å². The number of carbonyl (C=O) groups excluding carboxylic acids is 2. The summed E-state index contributed by atoms with van der Waals surface area (Å²) in [6, 6.07) is 15.2. The third-order valence-electron chi connectivity index (χ3n) is 4.30. The van der Waals surface area contributed by atoms with Crippen LogP contribution in [0.3, 0.4) is 0 Å². The summed E-state index contributed by atoms with van der Waals surface area (Å²) in [7, 11) is 1.82. The number of benzene rings is 2. The van der Waals surface area contributed by atoms with E-state index in [1.165, 1.54) is 5.56 Å². The number of halogens is 1. The molecule has 2 amide bonds. The van der Waals surface area contributed by atoms with Crippen molar-refractivity contribution in [3.63, 3.8) is 0 Å². The van der Waals surface area contributed by atoms with Crippen molar-refractivity contribution in [1.29, 1.82) is 0 Å². The van der Waals surface area contributed by atoms with Crippen LogP contribution in [0.5, 0.6) is 0 Å². The molecule has 0 aliphatic carbocycles. The van der Waals surface area contributed by atoms with Crippen molar-refractivity contribution in [2.45, 2.75) is 26.3 Å². The Bertz CT molecular complexity index is 777. The highest BCUT2D eigenvalue weighted by Crippen LogP contribution is 2.20. The molecule has 2 atom stereocenters. The summed E-state index contributed by atoms with van der Waals surface area (Å²) in [4.78, 5) is 25.3. The van der Waals surface area contributed by atoms with Gasteiger partial charge in [0.1, 0.15) is 0 Å². The van der Waals surface area contributed by atoms with Crippen molar-refractivity contribution < 1.29 is 14.5 Å². The number of aryl methyl sites for hydroxylation is 1. The lowest BCUT2D eigenvalue weighted by atomic mass is 10.0. The summed E-state index contributed by atoms with van der Waals surface area (Å²) in [5.41, 5.74) is 2.85. The standard InChI is InChI=1S/C21H26ClN3O2/c1-4-18(16-11-9-15(2)10-12-16)23-20(26)13-25(3)14-21(27)24-19-8-6-5-7-17(19)22/h5-12,18H,4,13-14H2,1-3H3,(H,23,26)(H,24,27)/p+1/t18-/m1/s1. The molecule has 3 N–H and O–H groups in total. The first-order valence-corrected chi connectivity index (χ1v) is 9.48. The summed E-state index contributed by atoms with van der Waals surface area (Å²) < 4.78 is 0. The van der Waals surface area contributed by atoms with Crippen LogP contribution in [0.4, 0.5) is 5.69 Å². The number of carbonyl (C=O) groups is 2. The van der Waals surface area contributed by atoms with Crippen LogP contribution in [0, 0.1) is 6.92 Å². The number of para-hydroxylation sites is 1. The fraction of sp³-hybridized carbons (Fsp3) is 0.333. The average Bonchev–Trinajstić information content (AvgIpc) is 2.62. The van der Waals surface area contributed by atoms with Gasteiger partial charge in [0.2, 0.25) is 0 Å².